The summed E-state index contributed by atoms with van der Waals surface area (Å²) in [5.74, 6) is 3.15. The molecule has 2 saturated carbocycles. The van der Waals surface area contributed by atoms with Crippen LogP contribution in [-0.4, -0.2) is 18.1 Å². The van der Waals surface area contributed by atoms with Crippen molar-refractivity contribution in [3.8, 4) is 0 Å². The molecule has 2 nitrogen and oxygen atoms in total. The molecule has 1 aromatic rings. The van der Waals surface area contributed by atoms with Crippen LogP contribution in [0.25, 0.3) is 0 Å². The van der Waals surface area contributed by atoms with Crippen molar-refractivity contribution in [2.75, 3.05) is 13.1 Å². The Balaban J connectivity index is 1.50. The average molecular weight is 361 g/mol. The maximum Gasteiger partial charge on any atom is 0.0972 e. The zero-order valence-electron chi connectivity index (χ0n) is 16.6. The van der Waals surface area contributed by atoms with Crippen molar-refractivity contribution in [1.29, 1.82) is 0 Å². The molecular formula is C22H36N2S. The van der Waals surface area contributed by atoms with Gasteiger partial charge in [0.1, 0.15) is 0 Å². The Labute approximate surface area is 158 Å². The molecular weight excluding hydrogens is 324 g/mol. The van der Waals surface area contributed by atoms with E-state index < -0.39 is 0 Å². The molecule has 0 amide bonds. The standard InChI is InChI=1S/C22H36N2S/c1-21(2)9-10-22(3,4)18-12-15(7-8-17(18)21)19-14-25-20(24-19)16-6-5-11-23-13-16/h14-18,23H,5-13H2,1-4H3. The Morgan fingerprint density at radius 2 is 1.76 bits per heavy atom. The van der Waals surface area contributed by atoms with E-state index in [4.69, 9.17) is 4.98 Å². The molecule has 1 N–H and O–H groups in total. The zero-order valence-corrected chi connectivity index (χ0v) is 17.4. The minimum Gasteiger partial charge on any atom is -0.316 e. The lowest BCUT2D eigenvalue weighted by Crippen LogP contribution is -2.46. The summed E-state index contributed by atoms with van der Waals surface area (Å²) in [5, 5.41) is 7.34. The molecule has 140 valence electrons. The van der Waals surface area contributed by atoms with E-state index in [1.54, 1.807) is 0 Å². The number of rotatable bonds is 2. The van der Waals surface area contributed by atoms with Crippen LogP contribution in [0.1, 0.15) is 95.2 Å². The molecule has 1 aliphatic heterocycles. The maximum absolute atomic E-state index is 5.16. The third-order valence-electron chi connectivity index (χ3n) is 7.88. The molecule has 2 heterocycles. The van der Waals surface area contributed by atoms with E-state index in [0.29, 0.717) is 22.7 Å². The first-order chi connectivity index (χ1) is 11.9. The third-order valence-corrected chi connectivity index (χ3v) is 8.90. The molecule has 3 heteroatoms. The number of nitrogens with one attached hydrogen (secondary N) is 1. The fraction of sp³-hybridized carbons (Fsp3) is 0.864. The highest BCUT2D eigenvalue weighted by molar-refractivity contribution is 7.09. The van der Waals surface area contributed by atoms with Gasteiger partial charge in [-0.15, -0.1) is 11.3 Å². The van der Waals surface area contributed by atoms with Crippen molar-refractivity contribution in [1.82, 2.24) is 10.3 Å². The lowest BCUT2D eigenvalue weighted by Gasteiger charge is -2.55. The fourth-order valence-electron chi connectivity index (χ4n) is 5.99. The van der Waals surface area contributed by atoms with Gasteiger partial charge in [-0.25, -0.2) is 4.98 Å². The molecule has 25 heavy (non-hydrogen) atoms. The zero-order chi connectivity index (χ0) is 17.7. The van der Waals surface area contributed by atoms with Crippen molar-refractivity contribution in [3.63, 3.8) is 0 Å². The van der Waals surface area contributed by atoms with Gasteiger partial charge in [-0.3, -0.25) is 0 Å². The van der Waals surface area contributed by atoms with Gasteiger partial charge in [0.15, 0.2) is 0 Å². The molecule has 0 aromatic carbocycles. The van der Waals surface area contributed by atoms with Gasteiger partial charge >= 0.3 is 0 Å². The highest BCUT2D eigenvalue weighted by Crippen LogP contribution is 2.59. The highest BCUT2D eigenvalue weighted by atomic mass is 32.1. The molecule has 3 aliphatic rings. The van der Waals surface area contributed by atoms with Gasteiger partial charge < -0.3 is 5.32 Å². The molecule has 0 bridgehead atoms. The first-order valence-corrected chi connectivity index (χ1v) is 11.4. The number of hydrogen-bond acceptors (Lipinski definition) is 3. The fourth-order valence-corrected chi connectivity index (χ4v) is 7.03. The van der Waals surface area contributed by atoms with Crippen LogP contribution in [-0.2, 0) is 0 Å². The Hall–Kier alpha value is -0.410. The van der Waals surface area contributed by atoms with E-state index >= 15 is 0 Å². The highest BCUT2D eigenvalue weighted by Gasteiger charge is 2.50. The summed E-state index contributed by atoms with van der Waals surface area (Å²) in [7, 11) is 0. The predicted molar refractivity (Wildman–Crippen MR) is 107 cm³/mol. The van der Waals surface area contributed by atoms with E-state index in [1.807, 2.05) is 11.3 Å². The summed E-state index contributed by atoms with van der Waals surface area (Å²) in [5.41, 5.74) is 2.46. The number of hydrogen-bond donors (Lipinski definition) is 1. The molecule has 3 fully saturated rings. The summed E-state index contributed by atoms with van der Waals surface area (Å²) in [4.78, 5) is 5.16. The minimum atomic E-state index is 0.505. The lowest BCUT2D eigenvalue weighted by molar-refractivity contribution is -0.0501. The van der Waals surface area contributed by atoms with Crippen LogP contribution in [0.3, 0.4) is 0 Å². The second kappa shape index (κ2) is 6.64. The van der Waals surface area contributed by atoms with Crippen molar-refractivity contribution >= 4 is 11.3 Å². The Morgan fingerprint density at radius 1 is 1.00 bits per heavy atom. The van der Waals surface area contributed by atoms with Gasteiger partial charge in [0, 0.05) is 23.8 Å². The van der Waals surface area contributed by atoms with E-state index in [0.717, 1.165) is 18.4 Å². The Kier molecular flexibility index (Phi) is 4.77. The molecule has 0 spiro atoms. The quantitative estimate of drug-likeness (QED) is 0.704. The number of thiazole rings is 1. The van der Waals surface area contributed by atoms with Crippen molar-refractivity contribution in [2.24, 2.45) is 22.7 Å². The molecule has 1 aromatic heterocycles. The van der Waals surface area contributed by atoms with E-state index in [1.165, 1.54) is 62.2 Å². The van der Waals surface area contributed by atoms with Crippen LogP contribution >= 0.6 is 11.3 Å². The van der Waals surface area contributed by atoms with Gasteiger partial charge in [0.05, 0.1) is 10.7 Å². The number of nitrogens with zero attached hydrogens (tertiary/aromatic N) is 1. The minimum absolute atomic E-state index is 0.505. The van der Waals surface area contributed by atoms with Crippen molar-refractivity contribution in [3.05, 3.63) is 16.1 Å². The summed E-state index contributed by atoms with van der Waals surface area (Å²) < 4.78 is 0. The van der Waals surface area contributed by atoms with Gasteiger partial charge in [0.25, 0.3) is 0 Å². The summed E-state index contributed by atoms with van der Waals surface area (Å²) in [6.45, 7) is 12.4. The molecule has 4 unspecified atom stereocenters. The van der Waals surface area contributed by atoms with Crippen LogP contribution in [0.5, 0.6) is 0 Å². The number of aromatic nitrogens is 1. The number of fused-ring (bicyclic) bond motifs is 1. The van der Waals surface area contributed by atoms with Crippen molar-refractivity contribution < 1.29 is 0 Å². The second-order valence-corrected chi connectivity index (χ2v) is 11.2. The predicted octanol–water partition coefficient (Wildman–Crippen LogP) is 5.96. The molecule has 1 saturated heterocycles. The van der Waals surface area contributed by atoms with Gasteiger partial charge in [0.2, 0.25) is 0 Å². The first kappa shape index (κ1) is 18.0. The normalized spacial score (nSPS) is 37.4. The lowest BCUT2D eigenvalue weighted by atomic mass is 9.49. The van der Waals surface area contributed by atoms with E-state index in [9.17, 15) is 0 Å². The van der Waals surface area contributed by atoms with Crippen LogP contribution < -0.4 is 5.32 Å². The third kappa shape index (κ3) is 3.43. The van der Waals surface area contributed by atoms with Crippen LogP contribution in [0.2, 0.25) is 0 Å². The molecule has 4 rings (SSSR count). The summed E-state index contributed by atoms with van der Waals surface area (Å²) >= 11 is 1.93. The summed E-state index contributed by atoms with van der Waals surface area (Å²) in [6, 6.07) is 0. The molecule has 0 radical (unpaired) electrons. The first-order valence-electron chi connectivity index (χ1n) is 10.5. The number of piperidine rings is 1. The molecule has 4 atom stereocenters. The SMILES string of the molecule is CC1(C)CCC(C)(C)C2CC(c3csc(C4CCCNC4)n3)CCC21. The smallest absolute Gasteiger partial charge is 0.0972 e. The largest absolute Gasteiger partial charge is 0.316 e. The Bertz CT molecular complexity index is 597. The van der Waals surface area contributed by atoms with Gasteiger partial charge in [-0.2, -0.15) is 0 Å². The van der Waals surface area contributed by atoms with Crippen molar-refractivity contribution in [2.45, 2.75) is 84.5 Å². The molecule has 2 aliphatic carbocycles. The Morgan fingerprint density at radius 3 is 2.48 bits per heavy atom. The second-order valence-electron chi connectivity index (χ2n) is 10.4. The van der Waals surface area contributed by atoms with Gasteiger partial charge in [-0.1, -0.05) is 27.7 Å². The summed E-state index contributed by atoms with van der Waals surface area (Å²) in [6.07, 6.45) is 9.54. The van der Waals surface area contributed by atoms with Gasteiger partial charge in [-0.05, 0) is 74.2 Å². The average Bonchev–Trinajstić information content (AvgIpc) is 3.10. The van der Waals surface area contributed by atoms with E-state index in [-0.39, 0.29) is 0 Å². The van der Waals surface area contributed by atoms with E-state index in [2.05, 4.69) is 38.4 Å². The van der Waals surface area contributed by atoms with Crippen LogP contribution in [0, 0.1) is 22.7 Å². The topological polar surface area (TPSA) is 24.9 Å². The van der Waals surface area contributed by atoms with Crippen LogP contribution in [0.15, 0.2) is 5.38 Å². The maximum atomic E-state index is 5.16. The van der Waals surface area contributed by atoms with Crippen LogP contribution in [0.4, 0.5) is 0 Å². The monoisotopic (exact) mass is 360 g/mol.